The van der Waals surface area contributed by atoms with Crippen LogP contribution >= 0.6 is 23.2 Å². The lowest BCUT2D eigenvalue weighted by atomic mass is 10.7. The predicted octanol–water partition coefficient (Wildman–Crippen LogP) is 1.09. The van der Waals surface area contributed by atoms with Crippen LogP contribution in [0, 0.1) is 0 Å². The highest BCUT2D eigenvalue weighted by atomic mass is 35.5. The Hall–Kier alpha value is 0.460. The Morgan fingerprint density at radius 2 is 1.78 bits per heavy atom. The van der Waals surface area contributed by atoms with Crippen molar-refractivity contribution in [2.45, 2.75) is 11.1 Å². The molecule has 1 heterocycles. The molecule has 54 valence electrons. The summed E-state index contributed by atoms with van der Waals surface area (Å²) >= 11 is 10.8. The van der Waals surface area contributed by atoms with Gasteiger partial charge in [0.25, 0.3) is 0 Å². The molecule has 1 saturated heterocycles. The first-order valence-electron chi connectivity index (χ1n) is 2.40. The molecule has 0 unspecified atom stereocenters. The molecule has 0 aromatic heterocycles. The van der Waals surface area contributed by atoms with E-state index in [2.05, 4.69) is 4.74 Å². The molecule has 0 aromatic carbocycles. The third kappa shape index (κ3) is 2.27. The molecule has 0 aromatic rings. The lowest BCUT2D eigenvalue weighted by molar-refractivity contribution is -0.293. The van der Waals surface area contributed by atoms with E-state index in [1.807, 2.05) is 0 Å². The van der Waals surface area contributed by atoms with E-state index in [0.717, 1.165) is 0 Å². The average Bonchev–Trinajstić information content (AvgIpc) is 1.90. The van der Waals surface area contributed by atoms with Crippen molar-refractivity contribution in [3.63, 3.8) is 0 Å². The number of ether oxygens (including phenoxy) is 3. The lowest BCUT2D eigenvalue weighted by Crippen LogP contribution is -2.31. The highest BCUT2D eigenvalue weighted by Crippen LogP contribution is 2.15. The van der Waals surface area contributed by atoms with E-state index < -0.39 is 11.1 Å². The maximum atomic E-state index is 5.42. The third-order valence-corrected chi connectivity index (χ3v) is 1.25. The molecule has 3 nitrogen and oxygen atoms in total. The van der Waals surface area contributed by atoms with Gasteiger partial charge in [0.1, 0.15) is 0 Å². The fourth-order valence-electron chi connectivity index (χ4n) is 0.458. The van der Waals surface area contributed by atoms with Gasteiger partial charge in [0.2, 0.25) is 0 Å². The topological polar surface area (TPSA) is 27.7 Å². The zero-order valence-corrected chi connectivity index (χ0v) is 6.06. The SMILES string of the molecule is ClC(Cl)C1OCOCO1. The summed E-state index contributed by atoms with van der Waals surface area (Å²) in [6.07, 6.45) is -0.540. The van der Waals surface area contributed by atoms with Crippen molar-refractivity contribution < 1.29 is 14.2 Å². The Balaban J connectivity index is 2.23. The number of hydrogen-bond acceptors (Lipinski definition) is 3. The van der Waals surface area contributed by atoms with E-state index in [9.17, 15) is 0 Å². The molecule has 0 saturated carbocycles. The minimum Gasteiger partial charge on any atom is -0.329 e. The smallest absolute Gasteiger partial charge is 0.193 e. The minimum absolute atomic E-state index is 0.195. The highest BCUT2D eigenvalue weighted by Gasteiger charge is 2.21. The first-order chi connectivity index (χ1) is 4.30. The van der Waals surface area contributed by atoms with Crippen molar-refractivity contribution in [1.82, 2.24) is 0 Å². The van der Waals surface area contributed by atoms with Crippen molar-refractivity contribution in [2.24, 2.45) is 0 Å². The predicted molar refractivity (Wildman–Crippen MR) is 32.3 cm³/mol. The zero-order chi connectivity index (χ0) is 6.69. The van der Waals surface area contributed by atoms with Gasteiger partial charge in [-0.15, -0.1) is 0 Å². The summed E-state index contributed by atoms with van der Waals surface area (Å²) < 4.78 is 14.4. The van der Waals surface area contributed by atoms with Crippen molar-refractivity contribution in [1.29, 1.82) is 0 Å². The summed E-state index contributed by atoms with van der Waals surface area (Å²) in [5.41, 5.74) is 0. The van der Waals surface area contributed by atoms with Gasteiger partial charge in [-0.3, -0.25) is 0 Å². The van der Waals surface area contributed by atoms with Gasteiger partial charge in [-0.2, -0.15) is 0 Å². The Morgan fingerprint density at radius 1 is 1.22 bits per heavy atom. The Labute approximate surface area is 62.8 Å². The first-order valence-corrected chi connectivity index (χ1v) is 3.27. The Morgan fingerprint density at radius 3 is 2.11 bits per heavy atom. The maximum absolute atomic E-state index is 5.42. The summed E-state index contributed by atoms with van der Waals surface area (Å²) in [7, 11) is 0. The zero-order valence-electron chi connectivity index (χ0n) is 4.55. The van der Waals surface area contributed by atoms with Gasteiger partial charge >= 0.3 is 0 Å². The fraction of sp³-hybridized carbons (Fsp3) is 1.00. The van der Waals surface area contributed by atoms with E-state index in [4.69, 9.17) is 32.7 Å². The van der Waals surface area contributed by atoms with Gasteiger partial charge in [-0.25, -0.2) is 0 Å². The average molecular weight is 173 g/mol. The van der Waals surface area contributed by atoms with E-state index in [1.165, 1.54) is 0 Å². The second kappa shape index (κ2) is 3.58. The largest absolute Gasteiger partial charge is 0.329 e. The van der Waals surface area contributed by atoms with Crippen LogP contribution in [0.15, 0.2) is 0 Å². The van der Waals surface area contributed by atoms with E-state index in [0.29, 0.717) is 0 Å². The summed E-state index contributed by atoms with van der Waals surface area (Å²) in [6.45, 7) is 0.390. The Kier molecular flexibility index (Phi) is 3.01. The molecule has 0 atom stereocenters. The van der Waals surface area contributed by atoms with E-state index >= 15 is 0 Å². The van der Waals surface area contributed by atoms with Gasteiger partial charge in [0.05, 0.1) is 0 Å². The first kappa shape index (κ1) is 7.57. The van der Waals surface area contributed by atoms with Crippen LogP contribution in [0.5, 0.6) is 0 Å². The van der Waals surface area contributed by atoms with Crippen LogP contribution in [0.4, 0.5) is 0 Å². The van der Waals surface area contributed by atoms with Crippen LogP contribution in [0.2, 0.25) is 0 Å². The van der Waals surface area contributed by atoms with Gasteiger partial charge in [-0.05, 0) is 0 Å². The highest BCUT2D eigenvalue weighted by molar-refractivity contribution is 6.44. The summed E-state index contributed by atoms with van der Waals surface area (Å²) in [5, 5.41) is 0. The van der Waals surface area contributed by atoms with Gasteiger partial charge in [-0.1, -0.05) is 23.2 Å². The number of hydrogen-bond donors (Lipinski definition) is 0. The molecule has 0 amide bonds. The second-order valence-corrected chi connectivity index (χ2v) is 2.64. The standard InChI is InChI=1S/C4H6Cl2O3/c5-3(6)4-8-1-7-2-9-4/h3-4H,1-2H2. The molecule has 0 aliphatic carbocycles. The quantitative estimate of drug-likeness (QED) is 0.555. The van der Waals surface area contributed by atoms with Crippen LogP contribution < -0.4 is 0 Å². The normalized spacial score (nSPS) is 23.0. The summed E-state index contributed by atoms with van der Waals surface area (Å²) in [6, 6.07) is 0. The molecule has 0 bridgehead atoms. The Bertz CT molecular complexity index is 81.9. The van der Waals surface area contributed by atoms with Crippen LogP contribution in [0.3, 0.4) is 0 Å². The minimum atomic E-state index is -0.645. The van der Waals surface area contributed by atoms with Crippen molar-refractivity contribution >= 4 is 23.2 Å². The van der Waals surface area contributed by atoms with Gasteiger partial charge < -0.3 is 14.2 Å². The third-order valence-electron chi connectivity index (χ3n) is 0.837. The maximum Gasteiger partial charge on any atom is 0.193 e. The molecular weight excluding hydrogens is 167 g/mol. The molecule has 1 rings (SSSR count). The van der Waals surface area contributed by atoms with Crippen molar-refractivity contribution in [3.8, 4) is 0 Å². The van der Waals surface area contributed by atoms with E-state index in [-0.39, 0.29) is 13.6 Å². The number of halogens is 2. The fourth-order valence-corrected chi connectivity index (χ4v) is 0.749. The molecule has 0 spiro atoms. The molecule has 1 aliphatic rings. The molecule has 0 N–H and O–H groups in total. The van der Waals surface area contributed by atoms with Crippen LogP contribution in [-0.4, -0.2) is 24.7 Å². The van der Waals surface area contributed by atoms with Gasteiger partial charge in [0, 0.05) is 0 Å². The number of rotatable bonds is 1. The molecule has 1 aliphatic heterocycles. The molecule has 0 radical (unpaired) electrons. The summed E-state index contributed by atoms with van der Waals surface area (Å²) in [5.74, 6) is 0. The molecule has 5 heteroatoms. The molecule has 1 fully saturated rings. The monoisotopic (exact) mass is 172 g/mol. The number of alkyl halides is 2. The van der Waals surface area contributed by atoms with E-state index in [1.54, 1.807) is 0 Å². The van der Waals surface area contributed by atoms with Crippen molar-refractivity contribution in [3.05, 3.63) is 0 Å². The lowest BCUT2D eigenvalue weighted by Gasteiger charge is -2.23. The van der Waals surface area contributed by atoms with Crippen molar-refractivity contribution in [2.75, 3.05) is 13.6 Å². The van der Waals surface area contributed by atoms with Crippen LogP contribution in [0.1, 0.15) is 0 Å². The molecule has 9 heavy (non-hydrogen) atoms. The van der Waals surface area contributed by atoms with Crippen LogP contribution in [-0.2, 0) is 14.2 Å². The van der Waals surface area contributed by atoms with Gasteiger partial charge in [0.15, 0.2) is 24.7 Å². The molecular formula is C4H6Cl2O3. The summed E-state index contributed by atoms with van der Waals surface area (Å²) in [4.78, 5) is -0.645. The van der Waals surface area contributed by atoms with Crippen LogP contribution in [0.25, 0.3) is 0 Å². The second-order valence-electron chi connectivity index (χ2n) is 1.48.